The van der Waals surface area contributed by atoms with Gasteiger partial charge in [-0.15, -0.1) is 0 Å². The molecule has 0 amide bonds. The van der Waals surface area contributed by atoms with Crippen molar-refractivity contribution in [3.8, 4) is 11.1 Å². The maximum atomic E-state index is 12.6. The predicted octanol–water partition coefficient (Wildman–Crippen LogP) is 4.72. The van der Waals surface area contributed by atoms with Gasteiger partial charge in [-0.1, -0.05) is 29.8 Å². The van der Waals surface area contributed by atoms with Crippen LogP contribution >= 0.6 is 11.6 Å². The average molecular weight is 301 g/mol. The molecule has 0 fully saturated rings. The Kier molecular flexibility index (Phi) is 3.72. The highest BCUT2D eigenvalue weighted by Gasteiger charge is 2.30. The third-order valence-corrected chi connectivity index (χ3v) is 3.05. The van der Waals surface area contributed by atoms with Gasteiger partial charge in [-0.05, 0) is 35.4 Å². The summed E-state index contributed by atoms with van der Waals surface area (Å²) in [5.41, 5.74) is -0.305. The van der Waals surface area contributed by atoms with E-state index < -0.39 is 17.7 Å². The molecule has 0 heterocycles. The lowest BCUT2D eigenvalue weighted by Crippen LogP contribution is -2.04. The van der Waals surface area contributed by atoms with Crippen molar-refractivity contribution in [1.82, 2.24) is 0 Å². The fourth-order valence-electron chi connectivity index (χ4n) is 1.74. The molecule has 1 N–H and O–H groups in total. The Morgan fingerprint density at radius 1 is 1.05 bits per heavy atom. The molecule has 6 heteroatoms. The second kappa shape index (κ2) is 5.17. The van der Waals surface area contributed by atoms with Gasteiger partial charge in [-0.25, -0.2) is 4.79 Å². The summed E-state index contributed by atoms with van der Waals surface area (Å²) in [6.45, 7) is 0. The Hall–Kier alpha value is -2.01. The van der Waals surface area contributed by atoms with Crippen molar-refractivity contribution in [1.29, 1.82) is 0 Å². The smallest absolute Gasteiger partial charge is 0.416 e. The lowest BCUT2D eigenvalue weighted by molar-refractivity contribution is -0.137. The van der Waals surface area contributed by atoms with Crippen molar-refractivity contribution < 1.29 is 23.1 Å². The number of halogens is 4. The summed E-state index contributed by atoms with van der Waals surface area (Å²) in [7, 11) is 0. The minimum atomic E-state index is -4.45. The van der Waals surface area contributed by atoms with Gasteiger partial charge in [-0.3, -0.25) is 0 Å². The van der Waals surface area contributed by atoms with Crippen molar-refractivity contribution in [3.63, 3.8) is 0 Å². The lowest BCUT2D eigenvalue weighted by atomic mass is 10.0. The lowest BCUT2D eigenvalue weighted by Gasteiger charge is -2.09. The summed E-state index contributed by atoms with van der Waals surface area (Å²) in [4.78, 5) is 11.0. The molecule has 2 rings (SSSR count). The van der Waals surface area contributed by atoms with E-state index in [1.807, 2.05) is 0 Å². The van der Waals surface area contributed by atoms with Crippen LogP contribution < -0.4 is 0 Å². The Morgan fingerprint density at radius 3 is 2.30 bits per heavy atom. The van der Waals surface area contributed by atoms with Gasteiger partial charge in [0.1, 0.15) is 0 Å². The molecule has 0 radical (unpaired) electrons. The Morgan fingerprint density at radius 2 is 1.70 bits per heavy atom. The topological polar surface area (TPSA) is 37.3 Å². The summed E-state index contributed by atoms with van der Waals surface area (Å²) in [5.74, 6) is -1.23. The maximum absolute atomic E-state index is 12.6. The summed E-state index contributed by atoms with van der Waals surface area (Å²) >= 11 is 5.72. The minimum Gasteiger partial charge on any atom is -0.478 e. The number of carboxylic acid groups (broad SMARTS) is 1. The molecule has 0 saturated carbocycles. The average Bonchev–Trinajstić information content (AvgIpc) is 2.38. The quantitative estimate of drug-likeness (QED) is 0.871. The molecule has 0 unspecified atom stereocenters. The number of hydrogen-bond donors (Lipinski definition) is 1. The summed E-state index contributed by atoms with van der Waals surface area (Å²) in [5, 5.41) is 8.99. The molecule has 0 aliphatic rings. The van der Waals surface area contributed by atoms with Crippen molar-refractivity contribution in [3.05, 3.63) is 58.6 Å². The molecule has 0 saturated heterocycles. The SMILES string of the molecule is O=C(O)c1cc(-c2cccc(C(F)(F)F)c2)ccc1Cl. The molecule has 2 nitrogen and oxygen atoms in total. The van der Waals surface area contributed by atoms with E-state index in [0.717, 1.165) is 12.1 Å². The normalized spacial score (nSPS) is 11.4. The number of hydrogen-bond acceptors (Lipinski definition) is 1. The molecule has 20 heavy (non-hydrogen) atoms. The van der Waals surface area contributed by atoms with E-state index in [4.69, 9.17) is 16.7 Å². The van der Waals surface area contributed by atoms with Crippen molar-refractivity contribution in [2.24, 2.45) is 0 Å². The fraction of sp³-hybridized carbons (Fsp3) is 0.0714. The zero-order chi connectivity index (χ0) is 14.9. The fourth-order valence-corrected chi connectivity index (χ4v) is 1.94. The van der Waals surface area contributed by atoms with E-state index in [9.17, 15) is 18.0 Å². The highest BCUT2D eigenvalue weighted by atomic mass is 35.5. The first-order chi connectivity index (χ1) is 9.29. The van der Waals surface area contributed by atoms with E-state index in [-0.39, 0.29) is 16.1 Å². The summed E-state index contributed by atoms with van der Waals surface area (Å²) < 4.78 is 37.9. The van der Waals surface area contributed by atoms with Crippen LogP contribution in [-0.4, -0.2) is 11.1 Å². The van der Waals surface area contributed by atoms with Gasteiger partial charge in [0, 0.05) is 0 Å². The van der Waals surface area contributed by atoms with Crippen molar-refractivity contribution >= 4 is 17.6 Å². The highest BCUT2D eigenvalue weighted by Crippen LogP contribution is 2.33. The van der Waals surface area contributed by atoms with Crippen LogP contribution in [0.3, 0.4) is 0 Å². The second-order valence-corrected chi connectivity index (χ2v) is 4.49. The molecule has 0 atom stereocenters. The highest BCUT2D eigenvalue weighted by molar-refractivity contribution is 6.33. The van der Waals surface area contributed by atoms with Gasteiger partial charge < -0.3 is 5.11 Å². The number of carbonyl (C=O) groups is 1. The molecule has 2 aromatic carbocycles. The van der Waals surface area contributed by atoms with Crippen LogP contribution in [0.2, 0.25) is 5.02 Å². The molecule has 0 bridgehead atoms. The maximum Gasteiger partial charge on any atom is 0.416 e. The van der Waals surface area contributed by atoms with E-state index in [1.54, 1.807) is 0 Å². The van der Waals surface area contributed by atoms with Crippen LogP contribution in [0, 0.1) is 0 Å². The largest absolute Gasteiger partial charge is 0.478 e. The second-order valence-electron chi connectivity index (χ2n) is 4.08. The van der Waals surface area contributed by atoms with Crippen molar-refractivity contribution in [2.75, 3.05) is 0 Å². The van der Waals surface area contributed by atoms with Gasteiger partial charge in [0.15, 0.2) is 0 Å². The molecule has 0 aliphatic carbocycles. The van der Waals surface area contributed by atoms with Gasteiger partial charge in [0.25, 0.3) is 0 Å². The van der Waals surface area contributed by atoms with Gasteiger partial charge in [-0.2, -0.15) is 13.2 Å². The minimum absolute atomic E-state index is 0.0354. The number of aromatic carboxylic acids is 1. The van der Waals surface area contributed by atoms with E-state index >= 15 is 0 Å². The number of carboxylic acids is 1. The molecular weight excluding hydrogens is 293 g/mol. The van der Waals surface area contributed by atoms with E-state index in [1.165, 1.54) is 30.3 Å². The monoisotopic (exact) mass is 300 g/mol. The zero-order valence-corrected chi connectivity index (χ0v) is 10.7. The zero-order valence-electron chi connectivity index (χ0n) is 9.91. The third-order valence-electron chi connectivity index (χ3n) is 2.72. The number of alkyl halides is 3. The van der Waals surface area contributed by atoms with Crippen LogP contribution in [0.5, 0.6) is 0 Å². The molecular formula is C14H8ClF3O2. The number of benzene rings is 2. The Bertz CT molecular complexity index is 666. The Labute approximate surface area is 117 Å². The van der Waals surface area contributed by atoms with Crippen molar-refractivity contribution in [2.45, 2.75) is 6.18 Å². The van der Waals surface area contributed by atoms with Crippen LogP contribution in [0.4, 0.5) is 13.2 Å². The first kappa shape index (κ1) is 14.4. The molecule has 0 aliphatic heterocycles. The summed E-state index contributed by atoms with van der Waals surface area (Å²) in [6, 6.07) is 8.74. The van der Waals surface area contributed by atoms with Crippen LogP contribution in [0.25, 0.3) is 11.1 Å². The van der Waals surface area contributed by atoms with Gasteiger partial charge >= 0.3 is 12.1 Å². The standard InChI is InChI=1S/C14H8ClF3O2/c15-12-5-4-9(7-11(12)13(19)20)8-2-1-3-10(6-8)14(16,17)18/h1-7H,(H,19,20). The molecule has 104 valence electrons. The van der Waals surface area contributed by atoms with E-state index in [0.29, 0.717) is 5.56 Å². The summed E-state index contributed by atoms with van der Waals surface area (Å²) in [6.07, 6.45) is -4.45. The number of rotatable bonds is 2. The van der Waals surface area contributed by atoms with E-state index in [2.05, 4.69) is 0 Å². The van der Waals surface area contributed by atoms with Crippen LogP contribution in [0.15, 0.2) is 42.5 Å². The Balaban J connectivity index is 2.52. The van der Waals surface area contributed by atoms with Gasteiger partial charge in [0.2, 0.25) is 0 Å². The molecule has 0 spiro atoms. The van der Waals surface area contributed by atoms with Crippen LogP contribution in [-0.2, 0) is 6.18 Å². The first-order valence-electron chi connectivity index (χ1n) is 5.49. The third kappa shape index (κ3) is 2.93. The molecule has 0 aromatic heterocycles. The predicted molar refractivity (Wildman–Crippen MR) is 68.8 cm³/mol. The van der Waals surface area contributed by atoms with Gasteiger partial charge in [0.05, 0.1) is 16.1 Å². The first-order valence-corrected chi connectivity index (χ1v) is 5.87. The van der Waals surface area contributed by atoms with Crippen LogP contribution in [0.1, 0.15) is 15.9 Å². The molecule has 2 aromatic rings.